The van der Waals surface area contributed by atoms with Gasteiger partial charge in [0.05, 0.1) is 12.5 Å². The minimum absolute atomic E-state index is 0.0570. The van der Waals surface area contributed by atoms with Gasteiger partial charge < -0.3 is 9.84 Å². The summed E-state index contributed by atoms with van der Waals surface area (Å²) in [7, 11) is 0. The Labute approximate surface area is 77.4 Å². The Balaban J connectivity index is 1.88. The molecule has 0 aromatic carbocycles. The molecule has 72 valence electrons. The molecule has 0 unspecified atom stereocenters. The summed E-state index contributed by atoms with van der Waals surface area (Å²) < 4.78 is 4.90. The van der Waals surface area contributed by atoms with E-state index in [0.29, 0.717) is 11.8 Å². The van der Waals surface area contributed by atoms with Crippen LogP contribution >= 0.6 is 0 Å². The van der Waals surface area contributed by atoms with Crippen LogP contribution in [0.5, 0.6) is 0 Å². The molecule has 0 heterocycles. The second kappa shape index (κ2) is 3.50. The zero-order chi connectivity index (χ0) is 9.26. The predicted octanol–water partition coefficient (Wildman–Crippen LogP) is 0.734. The van der Waals surface area contributed by atoms with E-state index in [-0.39, 0.29) is 25.1 Å². The number of esters is 1. The lowest BCUT2D eigenvalue weighted by molar-refractivity contribution is -0.150. The van der Waals surface area contributed by atoms with Crippen LogP contribution in [0.1, 0.15) is 12.8 Å². The Morgan fingerprint density at radius 1 is 1.46 bits per heavy atom. The van der Waals surface area contributed by atoms with Crippen LogP contribution in [0.3, 0.4) is 0 Å². The molecule has 1 fully saturated rings. The highest BCUT2D eigenvalue weighted by molar-refractivity contribution is 5.74. The van der Waals surface area contributed by atoms with Crippen LogP contribution in [0.4, 0.5) is 0 Å². The lowest BCUT2D eigenvalue weighted by Gasteiger charge is -2.15. The third kappa shape index (κ3) is 1.61. The summed E-state index contributed by atoms with van der Waals surface area (Å²) in [5.74, 6) is 0.917. The van der Waals surface area contributed by atoms with E-state index >= 15 is 0 Å². The van der Waals surface area contributed by atoms with E-state index in [2.05, 4.69) is 12.2 Å². The van der Waals surface area contributed by atoms with Crippen molar-refractivity contribution in [2.24, 2.45) is 17.8 Å². The maximum Gasteiger partial charge on any atom is 0.309 e. The lowest BCUT2D eigenvalue weighted by atomic mass is 9.94. The Kier molecular flexibility index (Phi) is 2.36. The fourth-order valence-electron chi connectivity index (χ4n) is 2.31. The predicted molar refractivity (Wildman–Crippen MR) is 46.9 cm³/mol. The molecule has 1 N–H and O–H groups in total. The standard InChI is InChI=1S/C10H14O3/c11-3-4-13-10(12)9-6-7-1-2-8(9)5-7/h1-2,7-9,11H,3-6H2/t7-,8+,9+/m1/s1. The van der Waals surface area contributed by atoms with E-state index in [1.54, 1.807) is 0 Å². The summed E-state index contributed by atoms with van der Waals surface area (Å²) in [6, 6.07) is 0. The lowest BCUT2D eigenvalue weighted by Crippen LogP contribution is -2.22. The minimum atomic E-state index is -0.133. The first kappa shape index (κ1) is 8.75. The molecule has 0 amide bonds. The molecule has 2 aliphatic rings. The summed E-state index contributed by atoms with van der Waals surface area (Å²) in [6.45, 7) is 0.0544. The van der Waals surface area contributed by atoms with Gasteiger partial charge in [0.2, 0.25) is 0 Å². The monoisotopic (exact) mass is 182 g/mol. The molecular formula is C10H14O3. The first-order valence-electron chi connectivity index (χ1n) is 4.77. The highest BCUT2D eigenvalue weighted by Crippen LogP contribution is 2.43. The molecule has 0 saturated heterocycles. The number of hydrogen-bond donors (Lipinski definition) is 1. The molecule has 1 saturated carbocycles. The van der Waals surface area contributed by atoms with Gasteiger partial charge in [-0.2, -0.15) is 0 Å². The zero-order valence-corrected chi connectivity index (χ0v) is 7.48. The van der Waals surface area contributed by atoms with Crippen LogP contribution in [-0.4, -0.2) is 24.3 Å². The van der Waals surface area contributed by atoms with E-state index in [1.165, 1.54) is 0 Å². The zero-order valence-electron chi connectivity index (χ0n) is 7.48. The molecular weight excluding hydrogens is 168 g/mol. The highest BCUT2D eigenvalue weighted by atomic mass is 16.5. The normalized spacial score (nSPS) is 35.3. The molecule has 2 rings (SSSR count). The van der Waals surface area contributed by atoms with Crippen molar-refractivity contribution >= 4 is 5.97 Å². The molecule has 3 atom stereocenters. The van der Waals surface area contributed by atoms with Crippen molar-refractivity contribution in [2.75, 3.05) is 13.2 Å². The third-order valence-electron chi connectivity index (χ3n) is 2.92. The van der Waals surface area contributed by atoms with Crippen molar-refractivity contribution in [1.82, 2.24) is 0 Å². The number of carbonyl (C=O) groups excluding carboxylic acids is 1. The highest BCUT2D eigenvalue weighted by Gasteiger charge is 2.40. The SMILES string of the molecule is O=C(OCCO)[C@H]1C[C@@H]2C=C[C@H]1C2. The molecule has 13 heavy (non-hydrogen) atoms. The van der Waals surface area contributed by atoms with Crippen molar-refractivity contribution < 1.29 is 14.6 Å². The van der Waals surface area contributed by atoms with E-state index in [0.717, 1.165) is 12.8 Å². The molecule has 2 aliphatic carbocycles. The van der Waals surface area contributed by atoms with Crippen LogP contribution < -0.4 is 0 Å². The quantitative estimate of drug-likeness (QED) is 0.517. The number of rotatable bonds is 3. The molecule has 3 nitrogen and oxygen atoms in total. The molecule has 0 radical (unpaired) electrons. The maximum atomic E-state index is 11.4. The van der Waals surface area contributed by atoms with Gasteiger partial charge >= 0.3 is 5.97 Å². The van der Waals surface area contributed by atoms with Crippen LogP contribution in [0, 0.1) is 17.8 Å². The minimum Gasteiger partial charge on any atom is -0.463 e. The fraction of sp³-hybridized carbons (Fsp3) is 0.700. The van der Waals surface area contributed by atoms with E-state index in [9.17, 15) is 4.79 Å². The van der Waals surface area contributed by atoms with Gasteiger partial charge in [-0.05, 0) is 24.7 Å². The molecule has 0 aliphatic heterocycles. The summed E-state index contributed by atoms with van der Waals surface area (Å²) in [5, 5.41) is 8.50. The second-order valence-electron chi connectivity index (χ2n) is 3.78. The first-order valence-corrected chi connectivity index (χ1v) is 4.77. The molecule has 0 aromatic heterocycles. The Morgan fingerprint density at radius 2 is 2.31 bits per heavy atom. The van der Waals surface area contributed by atoms with E-state index in [1.807, 2.05) is 0 Å². The third-order valence-corrected chi connectivity index (χ3v) is 2.92. The summed E-state index contributed by atoms with van der Waals surface area (Å²) in [5.41, 5.74) is 0. The number of fused-ring (bicyclic) bond motifs is 2. The summed E-state index contributed by atoms with van der Waals surface area (Å²) in [6.07, 6.45) is 6.36. The van der Waals surface area contributed by atoms with E-state index in [4.69, 9.17) is 9.84 Å². The molecule has 3 heteroatoms. The number of allylic oxidation sites excluding steroid dienone is 2. The van der Waals surface area contributed by atoms with Crippen LogP contribution in [0.25, 0.3) is 0 Å². The van der Waals surface area contributed by atoms with E-state index < -0.39 is 0 Å². The van der Waals surface area contributed by atoms with Gasteiger partial charge in [0.15, 0.2) is 0 Å². The second-order valence-corrected chi connectivity index (χ2v) is 3.78. The Bertz CT molecular complexity index is 234. The van der Waals surface area contributed by atoms with Gasteiger partial charge in [-0.3, -0.25) is 4.79 Å². The smallest absolute Gasteiger partial charge is 0.309 e. The van der Waals surface area contributed by atoms with Crippen molar-refractivity contribution in [3.8, 4) is 0 Å². The van der Waals surface area contributed by atoms with Gasteiger partial charge in [0.25, 0.3) is 0 Å². The molecule has 0 aromatic rings. The van der Waals surface area contributed by atoms with Crippen LogP contribution in [-0.2, 0) is 9.53 Å². The number of ether oxygens (including phenoxy) is 1. The number of aliphatic hydroxyl groups is 1. The number of hydrogen-bond acceptors (Lipinski definition) is 3. The van der Waals surface area contributed by atoms with Crippen molar-refractivity contribution in [2.45, 2.75) is 12.8 Å². The average Bonchev–Trinajstić information content (AvgIpc) is 2.74. The van der Waals surface area contributed by atoms with Gasteiger partial charge in [-0.25, -0.2) is 0 Å². The Hall–Kier alpha value is -0.830. The fourth-order valence-corrected chi connectivity index (χ4v) is 2.31. The number of carbonyl (C=O) groups is 1. The first-order chi connectivity index (χ1) is 6.31. The molecule has 2 bridgehead atoms. The number of aliphatic hydroxyl groups excluding tert-OH is 1. The molecule has 0 spiro atoms. The van der Waals surface area contributed by atoms with Crippen molar-refractivity contribution in [3.05, 3.63) is 12.2 Å². The summed E-state index contributed by atoms with van der Waals surface area (Å²) in [4.78, 5) is 11.4. The maximum absolute atomic E-state index is 11.4. The average molecular weight is 182 g/mol. The van der Waals surface area contributed by atoms with Gasteiger partial charge in [-0.15, -0.1) is 0 Å². The largest absolute Gasteiger partial charge is 0.463 e. The summed E-state index contributed by atoms with van der Waals surface area (Å²) >= 11 is 0. The van der Waals surface area contributed by atoms with Crippen molar-refractivity contribution in [3.63, 3.8) is 0 Å². The van der Waals surface area contributed by atoms with Gasteiger partial charge in [0, 0.05) is 0 Å². The van der Waals surface area contributed by atoms with Crippen LogP contribution in [0.2, 0.25) is 0 Å². The van der Waals surface area contributed by atoms with Gasteiger partial charge in [0.1, 0.15) is 6.61 Å². The van der Waals surface area contributed by atoms with Crippen molar-refractivity contribution in [1.29, 1.82) is 0 Å². The van der Waals surface area contributed by atoms with Gasteiger partial charge in [-0.1, -0.05) is 12.2 Å². The van der Waals surface area contributed by atoms with Crippen LogP contribution in [0.15, 0.2) is 12.2 Å². The topological polar surface area (TPSA) is 46.5 Å². The Morgan fingerprint density at radius 3 is 2.85 bits per heavy atom.